The van der Waals surface area contributed by atoms with Crippen molar-refractivity contribution in [2.45, 2.75) is 32.6 Å². The summed E-state index contributed by atoms with van der Waals surface area (Å²) in [6.45, 7) is 2.17. The topological polar surface area (TPSA) is 91.3 Å². The summed E-state index contributed by atoms with van der Waals surface area (Å²) in [5.41, 5.74) is 6.57. The van der Waals surface area contributed by atoms with E-state index >= 15 is 0 Å². The molecule has 0 radical (unpaired) electrons. The smallest absolute Gasteiger partial charge is 0.294 e. The van der Waals surface area contributed by atoms with Crippen LogP contribution >= 0.6 is 11.3 Å². The van der Waals surface area contributed by atoms with Gasteiger partial charge in [-0.2, -0.15) is 0 Å². The van der Waals surface area contributed by atoms with Gasteiger partial charge in [0, 0.05) is 11.3 Å². The lowest BCUT2D eigenvalue weighted by Gasteiger charge is -2.00. The van der Waals surface area contributed by atoms with E-state index in [1.807, 2.05) is 0 Å². The molecule has 1 heterocycles. The highest BCUT2D eigenvalue weighted by Gasteiger charge is 2.09. The van der Waals surface area contributed by atoms with Gasteiger partial charge in [0.15, 0.2) is 5.13 Å². The number of thiazole rings is 1. The minimum Gasteiger partial charge on any atom is -0.375 e. The van der Waals surface area contributed by atoms with Crippen LogP contribution < -0.4 is 5.73 Å². The van der Waals surface area contributed by atoms with Crippen LogP contribution in [0.4, 0.5) is 5.13 Å². The normalized spacial score (nSPS) is 10.3. The third kappa shape index (κ3) is 4.01. The van der Waals surface area contributed by atoms with Gasteiger partial charge in [0.05, 0.1) is 5.69 Å². The number of rotatable bonds is 7. The van der Waals surface area contributed by atoms with Crippen LogP contribution in [0, 0.1) is 10.1 Å². The first-order chi connectivity index (χ1) is 7.63. The molecule has 1 aromatic heterocycles. The Bertz CT molecular complexity index is 354. The molecule has 0 fully saturated rings. The molecule has 0 aliphatic rings. The summed E-state index contributed by atoms with van der Waals surface area (Å²) >= 11 is 1.38. The zero-order valence-electron chi connectivity index (χ0n) is 9.14. The predicted octanol–water partition coefficient (Wildman–Crippen LogP) is 1.82. The number of aryl methyl sites for hydroxylation is 1. The number of aromatic nitrogens is 1. The molecule has 6 nitrogen and oxygen atoms in total. The van der Waals surface area contributed by atoms with Crippen LogP contribution in [-0.2, 0) is 17.7 Å². The van der Waals surface area contributed by atoms with Crippen LogP contribution in [0.2, 0.25) is 0 Å². The zero-order valence-corrected chi connectivity index (χ0v) is 9.96. The number of nitrogen functional groups attached to an aromatic ring is 1. The van der Waals surface area contributed by atoms with E-state index in [1.165, 1.54) is 11.3 Å². The van der Waals surface area contributed by atoms with Crippen molar-refractivity contribution in [1.82, 2.24) is 4.98 Å². The minimum atomic E-state index is -0.782. The maximum Gasteiger partial charge on any atom is 0.294 e. The third-order valence-corrected chi connectivity index (χ3v) is 3.07. The molecule has 2 N–H and O–H groups in total. The van der Waals surface area contributed by atoms with E-state index in [2.05, 4.69) is 16.7 Å². The maximum atomic E-state index is 10.00. The second-order valence-corrected chi connectivity index (χ2v) is 4.45. The number of hydrogen-bond donors (Lipinski definition) is 1. The van der Waals surface area contributed by atoms with E-state index in [0.29, 0.717) is 11.6 Å². The monoisotopic (exact) mass is 245 g/mol. The summed E-state index contributed by atoms with van der Waals surface area (Å²) in [5, 5.41) is 9.73. The zero-order chi connectivity index (χ0) is 12.0. The second kappa shape index (κ2) is 6.26. The Labute approximate surface area is 97.5 Å². The fraction of sp³-hybridized carbons (Fsp3) is 0.667. The summed E-state index contributed by atoms with van der Waals surface area (Å²) in [6, 6.07) is 0. The second-order valence-electron chi connectivity index (χ2n) is 3.33. The predicted molar refractivity (Wildman–Crippen MR) is 61.8 cm³/mol. The van der Waals surface area contributed by atoms with Gasteiger partial charge in [0.1, 0.15) is 6.61 Å². The van der Waals surface area contributed by atoms with Crippen LogP contribution in [0.25, 0.3) is 0 Å². The van der Waals surface area contributed by atoms with Gasteiger partial charge >= 0.3 is 0 Å². The van der Waals surface area contributed by atoms with E-state index in [1.54, 1.807) is 0 Å². The lowest BCUT2D eigenvalue weighted by atomic mass is 10.1. The van der Waals surface area contributed by atoms with Crippen molar-refractivity contribution in [1.29, 1.82) is 0 Å². The van der Waals surface area contributed by atoms with Crippen molar-refractivity contribution < 1.29 is 9.92 Å². The maximum absolute atomic E-state index is 10.00. The largest absolute Gasteiger partial charge is 0.375 e. The highest BCUT2D eigenvalue weighted by molar-refractivity contribution is 7.15. The molecule has 0 unspecified atom stereocenters. The van der Waals surface area contributed by atoms with Gasteiger partial charge in [-0.25, -0.2) is 4.98 Å². The molecule has 0 aliphatic carbocycles. The summed E-state index contributed by atoms with van der Waals surface area (Å²) in [5.74, 6) is 0. The Morgan fingerprint density at radius 3 is 2.94 bits per heavy atom. The first-order valence-corrected chi connectivity index (χ1v) is 5.96. The fourth-order valence-corrected chi connectivity index (χ4v) is 2.21. The standard InChI is InChI=1S/C9H15N3O3S/c1-2-3-4-7-8(16-9(10)11-7)5-6-15-12(13)14/h2-6H2,1H3,(H2,10,11). The third-order valence-electron chi connectivity index (χ3n) is 2.09. The molecule has 0 amide bonds. The van der Waals surface area contributed by atoms with Crippen molar-refractivity contribution in [2.75, 3.05) is 12.3 Å². The van der Waals surface area contributed by atoms with E-state index in [0.717, 1.165) is 29.8 Å². The Hall–Kier alpha value is -1.37. The van der Waals surface area contributed by atoms with E-state index in [9.17, 15) is 10.1 Å². The van der Waals surface area contributed by atoms with Crippen LogP contribution in [0.15, 0.2) is 0 Å². The summed E-state index contributed by atoms with van der Waals surface area (Å²) in [4.78, 5) is 19.5. The first-order valence-electron chi connectivity index (χ1n) is 5.14. The van der Waals surface area contributed by atoms with Gasteiger partial charge in [0.2, 0.25) is 0 Å². The Balaban J connectivity index is 2.52. The van der Waals surface area contributed by atoms with Gasteiger partial charge in [-0.15, -0.1) is 21.5 Å². The molecule has 0 bridgehead atoms. The summed E-state index contributed by atoms with van der Waals surface area (Å²) < 4.78 is 0. The van der Waals surface area contributed by atoms with Crippen molar-refractivity contribution in [3.05, 3.63) is 20.7 Å². The molecule has 1 rings (SSSR count). The Morgan fingerprint density at radius 2 is 2.31 bits per heavy atom. The average molecular weight is 245 g/mol. The molecule has 16 heavy (non-hydrogen) atoms. The van der Waals surface area contributed by atoms with Crippen molar-refractivity contribution >= 4 is 16.5 Å². The van der Waals surface area contributed by atoms with Crippen LogP contribution in [0.5, 0.6) is 0 Å². The van der Waals surface area contributed by atoms with Crippen LogP contribution in [0.1, 0.15) is 30.3 Å². The first kappa shape index (κ1) is 12.7. The van der Waals surface area contributed by atoms with E-state index in [-0.39, 0.29) is 6.61 Å². The summed E-state index contributed by atoms with van der Waals surface area (Å²) in [6.07, 6.45) is 3.50. The van der Waals surface area contributed by atoms with Crippen LogP contribution in [-0.4, -0.2) is 16.7 Å². The quantitative estimate of drug-likeness (QED) is 0.584. The lowest BCUT2D eigenvalue weighted by molar-refractivity contribution is -0.757. The van der Waals surface area contributed by atoms with Gasteiger partial charge in [0.25, 0.3) is 5.09 Å². The SMILES string of the molecule is CCCCc1nc(N)sc1CCO[N+](=O)[O-]. The van der Waals surface area contributed by atoms with Gasteiger partial charge in [-0.3, -0.25) is 0 Å². The number of unbranched alkanes of at least 4 members (excludes halogenated alkanes) is 1. The van der Waals surface area contributed by atoms with E-state index < -0.39 is 5.09 Å². The number of nitrogens with two attached hydrogens (primary N) is 1. The van der Waals surface area contributed by atoms with Crippen molar-refractivity contribution in [3.8, 4) is 0 Å². The molecule has 0 aromatic carbocycles. The van der Waals surface area contributed by atoms with Gasteiger partial charge < -0.3 is 10.6 Å². The molecule has 0 saturated carbocycles. The molecule has 0 atom stereocenters. The average Bonchev–Trinajstić information content (AvgIpc) is 2.55. The van der Waals surface area contributed by atoms with Crippen molar-refractivity contribution in [3.63, 3.8) is 0 Å². The molecule has 0 aliphatic heterocycles. The molecular weight excluding hydrogens is 230 g/mol. The fourth-order valence-electron chi connectivity index (χ4n) is 1.35. The minimum absolute atomic E-state index is 0.0633. The van der Waals surface area contributed by atoms with Crippen LogP contribution in [0.3, 0.4) is 0 Å². The molecular formula is C9H15N3O3S. The number of hydrogen-bond acceptors (Lipinski definition) is 6. The highest BCUT2D eigenvalue weighted by Crippen LogP contribution is 2.22. The number of anilines is 1. The van der Waals surface area contributed by atoms with Gasteiger partial charge in [-0.05, 0) is 12.8 Å². The Morgan fingerprint density at radius 1 is 1.56 bits per heavy atom. The number of nitrogens with zero attached hydrogens (tertiary/aromatic N) is 2. The van der Waals surface area contributed by atoms with Gasteiger partial charge in [-0.1, -0.05) is 13.3 Å². The highest BCUT2D eigenvalue weighted by atomic mass is 32.1. The molecule has 1 aromatic rings. The van der Waals surface area contributed by atoms with Crippen molar-refractivity contribution in [2.24, 2.45) is 0 Å². The lowest BCUT2D eigenvalue weighted by Crippen LogP contribution is -2.05. The molecule has 0 saturated heterocycles. The molecule has 90 valence electrons. The Kier molecular flexibility index (Phi) is 4.97. The molecule has 7 heteroatoms. The molecule has 0 spiro atoms. The van der Waals surface area contributed by atoms with E-state index in [4.69, 9.17) is 5.73 Å². The summed E-state index contributed by atoms with van der Waals surface area (Å²) in [7, 11) is 0.